The Labute approximate surface area is 199 Å². The van der Waals surface area contributed by atoms with Gasteiger partial charge in [-0.15, -0.1) is 0 Å². The molecule has 34 heavy (non-hydrogen) atoms. The molecule has 0 aliphatic rings. The lowest BCUT2D eigenvalue weighted by molar-refractivity contribution is 0.0377. The van der Waals surface area contributed by atoms with Gasteiger partial charge in [0.05, 0.1) is 32.1 Å². The summed E-state index contributed by atoms with van der Waals surface area (Å²) in [5.74, 6) is 0.268. The third-order valence-corrected chi connectivity index (χ3v) is 5.14. The minimum Gasteiger partial charge on any atom is -0.497 e. The number of ether oxygens (including phenoxy) is 3. The molecule has 3 aromatic rings. The Hall–Kier alpha value is -4.07. The molecule has 1 heterocycles. The van der Waals surface area contributed by atoms with Gasteiger partial charge in [0.25, 0.3) is 5.91 Å². The van der Waals surface area contributed by atoms with Crippen LogP contribution >= 0.6 is 0 Å². The fourth-order valence-electron chi connectivity index (χ4n) is 3.53. The van der Waals surface area contributed by atoms with E-state index >= 15 is 0 Å². The van der Waals surface area contributed by atoms with E-state index in [9.17, 15) is 9.59 Å². The number of rotatable bonds is 8. The van der Waals surface area contributed by atoms with E-state index in [1.54, 1.807) is 36.5 Å². The summed E-state index contributed by atoms with van der Waals surface area (Å²) in [7, 11) is 3.04. The zero-order valence-corrected chi connectivity index (χ0v) is 20.2. The molecule has 0 fully saturated rings. The van der Waals surface area contributed by atoms with Crippen molar-refractivity contribution in [3.63, 3.8) is 0 Å². The normalized spacial score (nSPS) is 11.0. The summed E-state index contributed by atoms with van der Waals surface area (Å²) < 4.78 is 17.7. The van der Waals surface area contributed by atoms with Crippen LogP contribution in [-0.4, -0.2) is 43.0 Å². The predicted octanol–water partition coefficient (Wildman–Crippen LogP) is 4.44. The first-order valence-corrected chi connectivity index (χ1v) is 10.8. The Bertz CT molecular complexity index is 1200. The lowest BCUT2D eigenvalue weighted by Gasteiger charge is -2.12. The maximum Gasteiger partial charge on any atom is 0.338 e. The average Bonchev–Trinajstić information content (AvgIpc) is 3.10. The first-order valence-electron chi connectivity index (χ1n) is 10.8. The van der Waals surface area contributed by atoms with E-state index < -0.39 is 5.91 Å². The number of methoxy groups -OCH3 is 2. The monoisotopic (exact) mass is 463 g/mol. The molecule has 0 radical (unpaired) electrons. The minimum absolute atomic E-state index is 0.192. The molecule has 0 bridgehead atoms. The number of aryl methyl sites for hydroxylation is 1. The number of hydrogen-bond donors (Lipinski definition) is 1. The van der Waals surface area contributed by atoms with Gasteiger partial charge in [-0.3, -0.25) is 4.79 Å². The number of aromatic nitrogens is 1. The van der Waals surface area contributed by atoms with Crippen molar-refractivity contribution < 1.29 is 23.8 Å². The molecular weight excluding hydrogens is 434 g/mol. The van der Waals surface area contributed by atoms with Gasteiger partial charge in [0.15, 0.2) is 0 Å². The maximum atomic E-state index is 12.5. The number of benzene rings is 2. The summed E-state index contributed by atoms with van der Waals surface area (Å²) in [4.78, 5) is 24.9. The number of esters is 1. The van der Waals surface area contributed by atoms with E-state index in [1.165, 1.54) is 14.2 Å². The summed E-state index contributed by atoms with van der Waals surface area (Å²) in [6.07, 6.45) is 1.40. The number of nitrogens with one attached hydrogen (secondary N) is 1. The van der Waals surface area contributed by atoms with E-state index in [4.69, 9.17) is 14.2 Å². The van der Waals surface area contributed by atoms with Crippen LogP contribution in [0.25, 0.3) is 5.69 Å². The highest BCUT2D eigenvalue weighted by Crippen LogP contribution is 2.23. The van der Waals surface area contributed by atoms with Gasteiger partial charge in [0.2, 0.25) is 0 Å². The van der Waals surface area contributed by atoms with Gasteiger partial charge >= 0.3 is 5.97 Å². The van der Waals surface area contributed by atoms with Gasteiger partial charge in [-0.25, -0.2) is 10.2 Å². The summed E-state index contributed by atoms with van der Waals surface area (Å²) in [5, 5.41) is 4.12. The molecule has 0 atom stereocenters. The lowest BCUT2D eigenvalue weighted by atomic mass is 10.2. The van der Waals surface area contributed by atoms with Crippen LogP contribution in [0.4, 0.5) is 0 Å². The van der Waals surface area contributed by atoms with Crippen molar-refractivity contribution >= 4 is 18.1 Å². The highest BCUT2D eigenvalue weighted by Gasteiger charge is 2.14. The van der Waals surface area contributed by atoms with Crippen LogP contribution in [0.15, 0.2) is 53.6 Å². The Morgan fingerprint density at radius 3 is 2.26 bits per heavy atom. The standard InChI is InChI=1S/C26H29N3O5/c1-16(2)34-26(31)19-8-7-9-22(11-19)29-17(3)10-21(18(29)4)15-27-28-25(30)20-12-23(32-5)14-24(13-20)33-6/h7-16H,1-6H3,(H,28,30)/b27-15-. The number of carbonyl (C=O) groups is 2. The number of nitrogens with zero attached hydrogens (tertiary/aromatic N) is 2. The SMILES string of the molecule is COc1cc(OC)cc(C(=O)N/N=C\c2cc(C)n(-c3cccc(C(=O)OC(C)C)c3)c2C)c1. The molecule has 0 unspecified atom stereocenters. The van der Waals surface area contributed by atoms with E-state index in [-0.39, 0.29) is 12.1 Å². The first kappa shape index (κ1) is 24.6. The fourth-order valence-corrected chi connectivity index (χ4v) is 3.53. The van der Waals surface area contributed by atoms with Crippen molar-refractivity contribution in [1.29, 1.82) is 0 Å². The number of amides is 1. The van der Waals surface area contributed by atoms with Gasteiger partial charge in [-0.05, 0) is 64.1 Å². The highest BCUT2D eigenvalue weighted by atomic mass is 16.5. The van der Waals surface area contributed by atoms with Gasteiger partial charge < -0.3 is 18.8 Å². The molecule has 1 aromatic heterocycles. The van der Waals surface area contributed by atoms with Crippen molar-refractivity contribution in [1.82, 2.24) is 9.99 Å². The third-order valence-electron chi connectivity index (χ3n) is 5.14. The number of hydrazone groups is 1. The summed E-state index contributed by atoms with van der Waals surface area (Å²) in [6, 6.07) is 14.1. The van der Waals surface area contributed by atoms with Crippen LogP contribution in [0.3, 0.4) is 0 Å². The lowest BCUT2D eigenvalue weighted by Crippen LogP contribution is -2.17. The van der Waals surface area contributed by atoms with Crippen molar-refractivity contribution in [2.75, 3.05) is 14.2 Å². The smallest absolute Gasteiger partial charge is 0.338 e. The molecule has 2 aromatic carbocycles. The highest BCUT2D eigenvalue weighted by molar-refractivity contribution is 5.96. The van der Waals surface area contributed by atoms with Crippen LogP contribution in [0.5, 0.6) is 11.5 Å². The predicted molar refractivity (Wildman–Crippen MR) is 130 cm³/mol. The molecule has 0 aliphatic heterocycles. The average molecular weight is 464 g/mol. The summed E-state index contributed by atoms with van der Waals surface area (Å²) in [5.41, 5.74) is 6.91. The van der Waals surface area contributed by atoms with Gasteiger partial charge in [0.1, 0.15) is 11.5 Å². The van der Waals surface area contributed by atoms with Crippen LogP contribution in [0.2, 0.25) is 0 Å². The largest absolute Gasteiger partial charge is 0.497 e. The van der Waals surface area contributed by atoms with E-state index in [0.29, 0.717) is 22.6 Å². The maximum absolute atomic E-state index is 12.5. The molecule has 0 spiro atoms. The molecule has 8 nitrogen and oxygen atoms in total. The fraction of sp³-hybridized carbons (Fsp3) is 0.269. The minimum atomic E-state index is -0.390. The zero-order chi connectivity index (χ0) is 24.8. The van der Waals surface area contributed by atoms with Crippen LogP contribution < -0.4 is 14.9 Å². The van der Waals surface area contributed by atoms with E-state index in [1.807, 2.05) is 50.5 Å². The van der Waals surface area contributed by atoms with Crippen molar-refractivity contribution in [3.05, 3.63) is 76.6 Å². The molecular formula is C26H29N3O5. The Balaban J connectivity index is 1.80. The molecule has 3 rings (SSSR count). The molecule has 8 heteroatoms. The van der Waals surface area contributed by atoms with Crippen molar-refractivity contribution in [2.24, 2.45) is 5.10 Å². The molecule has 0 saturated carbocycles. The second-order valence-electron chi connectivity index (χ2n) is 7.97. The van der Waals surface area contributed by atoms with E-state index in [2.05, 4.69) is 10.5 Å². The van der Waals surface area contributed by atoms with Gasteiger partial charge in [-0.2, -0.15) is 5.10 Å². The number of hydrogen-bond acceptors (Lipinski definition) is 6. The Kier molecular flexibility index (Phi) is 7.73. The molecule has 0 saturated heterocycles. The van der Waals surface area contributed by atoms with Crippen LogP contribution in [-0.2, 0) is 4.74 Å². The Morgan fingerprint density at radius 2 is 1.65 bits per heavy atom. The molecule has 1 amide bonds. The third kappa shape index (κ3) is 5.64. The quantitative estimate of drug-likeness (QED) is 0.303. The van der Waals surface area contributed by atoms with Crippen LogP contribution in [0, 0.1) is 13.8 Å². The molecule has 178 valence electrons. The van der Waals surface area contributed by atoms with Crippen molar-refractivity contribution in [2.45, 2.75) is 33.8 Å². The van der Waals surface area contributed by atoms with Gasteiger partial charge in [-0.1, -0.05) is 6.07 Å². The second kappa shape index (κ2) is 10.7. The van der Waals surface area contributed by atoms with Crippen molar-refractivity contribution in [3.8, 4) is 17.2 Å². The number of carbonyl (C=O) groups excluding carboxylic acids is 2. The van der Waals surface area contributed by atoms with Crippen LogP contribution in [0.1, 0.15) is 51.5 Å². The Morgan fingerprint density at radius 1 is 0.971 bits per heavy atom. The first-order chi connectivity index (χ1) is 16.2. The molecule has 1 N–H and O–H groups in total. The van der Waals surface area contributed by atoms with E-state index in [0.717, 1.165) is 22.6 Å². The summed E-state index contributed by atoms with van der Waals surface area (Å²) in [6.45, 7) is 7.54. The second-order valence-corrected chi connectivity index (χ2v) is 7.97. The summed E-state index contributed by atoms with van der Waals surface area (Å²) >= 11 is 0. The zero-order valence-electron chi connectivity index (χ0n) is 20.2. The molecule has 0 aliphatic carbocycles. The topological polar surface area (TPSA) is 91.1 Å². The van der Waals surface area contributed by atoms with Gasteiger partial charge in [0, 0.05) is 34.3 Å².